The van der Waals surface area contributed by atoms with Gasteiger partial charge in [-0.3, -0.25) is 0 Å². The van der Waals surface area contributed by atoms with Crippen LogP contribution in [0.1, 0.15) is 12.8 Å². The lowest BCUT2D eigenvalue weighted by Gasteiger charge is -2.29. The maximum absolute atomic E-state index is 11.6. The van der Waals surface area contributed by atoms with Gasteiger partial charge in [-0.05, 0) is 48.2 Å². The summed E-state index contributed by atoms with van der Waals surface area (Å²) in [4.78, 5) is 4.84. The Hall–Kier alpha value is -2.01. The third-order valence-corrected chi connectivity index (χ3v) is 8.46. The number of thiazole rings is 1. The first-order valence-electron chi connectivity index (χ1n) is 9.42. The molecule has 1 fully saturated rings. The molecule has 2 heterocycles. The number of fused-ring (bicyclic) bond motifs is 1. The summed E-state index contributed by atoms with van der Waals surface area (Å²) in [5.41, 5.74) is 2.73. The number of hydrogen-bond donors (Lipinski definition) is 0. The van der Waals surface area contributed by atoms with E-state index in [9.17, 15) is 16.8 Å². The van der Waals surface area contributed by atoms with E-state index in [-0.39, 0.29) is 6.10 Å². The fraction of sp³-hybridized carbons (Fsp3) is 0.350. The highest BCUT2D eigenvalue weighted by molar-refractivity contribution is 7.90. The third kappa shape index (κ3) is 4.66. The van der Waals surface area contributed by atoms with E-state index >= 15 is 0 Å². The Balaban J connectivity index is 1.49. The van der Waals surface area contributed by atoms with Gasteiger partial charge in [-0.25, -0.2) is 26.1 Å². The number of piperidine rings is 1. The SMILES string of the molecule is CS(=O)(=O)c1ccc(-c2ccc3nc(OC4CCN(S(C)(=O)=O)CC4)sc3c2)cc1. The molecule has 0 bridgehead atoms. The number of ether oxygens (including phenoxy) is 1. The summed E-state index contributed by atoms with van der Waals surface area (Å²) in [5, 5.41) is 0.576. The standard InChI is InChI=1S/C20H22N2O5S3/c1-29(23,24)17-6-3-14(4-7-17)15-5-8-18-19(13-15)28-20(21-18)27-16-9-11-22(12-10-16)30(2,25)26/h3-8,13,16H,9-12H2,1-2H3. The summed E-state index contributed by atoms with van der Waals surface area (Å²) in [7, 11) is -6.37. The van der Waals surface area contributed by atoms with Crippen LogP contribution in [0, 0.1) is 0 Å². The van der Waals surface area contributed by atoms with Gasteiger partial charge in [0.25, 0.3) is 5.19 Å². The molecule has 1 saturated heterocycles. The average Bonchev–Trinajstić information content (AvgIpc) is 3.08. The van der Waals surface area contributed by atoms with Crippen LogP contribution in [0.15, 0.2) is 47.4 Å². The molecule has 3 aromatic rings. The molecule has 0 atom stereocenters. The van der Waals surface area contributed by atoms with Gasteiger partial charge in [-0.15, -0.1) is 0 Å². The number of nitrogens with zero attached hydrogens (tertiary/aromatic N) is 2. The Bertz CT molecular complexity index is 1270. The molecule has 30 heavy (non-hydrogen) atoms. The molecule has 4 rings (SSSR count). The summed E-state index contributed by atoms with van der Waals surface area (Å²) in [6.45, 7) is 0.921. The lowest BCUT2D eigenvalue weighted by atomic mass is 10.1. The molecular weight excluding hydrogens is 444 g/mol. The van der Waals surface area contributed by atoms with Crippen LogP contribution in [0.4, 0.5) is 0 Å². The second kappa shape index (κ2) is 7.92. The Morgan fingerprint density at radius 2 is 1.60 bits per heavy atom. The van der Waals surface area contributed by atoms with Crippen molar-refractivity contribution < 1.29 is 21.6 Å². The summed E-state index contributed by atoms with van der Waals surface area (Å²) >= 11 is 1.45. The number of hydrogen-bond acceptors (Lipinski definition) is 7. The van der Waals surface area contributed by atoms with Crippen LogP contribution in [0.5, 0.6) is 5.19 Å². The van der Waals surface area contributed by atoms with E-state index in [0.717, 1.165) is 21.3 Å². The molecule has 0 amide bonds. The average molecular weight is 467 g/mol. The van der Waals surface area contributed by atoms with Gasteiger partial charge in [0.05, 0.1) is 21.4 Å². The van der Waals surface area contributed by atoms with E-state index in [2.05, 4.69) is 4.98 Å². The highest BCUT2D eigenvalue weighted by atomic mass is 32.2. The van der Waals surface area contributed by atoms with Crippen molar-refractivity contribution in [1.82, 2.24) is 9.29 Å². The van der Waals surface area contributed by atoms with Gasteiger partial charge in [0.1, 0.15) is 6.10 Å². The molecule has 0 N–H and O–H groups in total. The highest BCUT2D eigenvalue weighted by Gasteiger charge is 2.26. The minimum absolute atomic E-state index is 0.0495. The van der Waals surface area contributed by atoms with Crippen LogP contribution in [-0.4, -0.2) is 57.8 Å². The van der Waals surface area contributed by atoms with Gasteiger partial charge in [-0.1, -0.05) is 29.5 Å². The molecular formula is C20H22N2O5S3. The first-order chi connectivity index (χ1) is 14.1. The zero-order valence-corrected chi connectivity index (χ0v) is 19.1. The number of sulfonamides is 1. The molecule has 2 aromatic carbocycles. The lowest BCUT2D eigenvalue weighted by molar-refractivity contribution is 0.135. The van der Waals surface area contributed by atoms with E-state index in [1.54, 1.807) is 24.3 Å². The van der Waals surface area contributed by atoms with E-state index in [1.165, 1.54) is 28.2 Å². The molecule has 0 spiro atoms. The van der Waals surface area contributed by atoms with E-state index in [0.29, 0.717) is 36.0 Å². The van der Waals surface area contributed by atoms with E-state index < -0.39 is 19.9 Å². The molecule has 0 saturated carbocycles. The quantitative estimate of drug-likeness (QED) is 0.573. The van der Waals surface area contributed by atoms with Crippen molar-refractivity contribution in [3.05, 3.63) is 42.5 Å². The summed E-state index contributed by atoms with van der Waals surface area (Å²) in [6, 6.07) is 12.7. The van der Waals surface area contributed by atoms with Crippen molar-refractivity contribution in [2.75, 3.05) is 25.6 Å². The lowest BCUT2D eigenvalue weighted by Crippen LogP contribution is -2.41. The van der Waals surface area contributed by atoms with Crippen LogP contribution >= 0.6 is 11.3 Å². The van der Waals surface area contributed by atoms with Gasteiger partial charge in [-0.2, -0.15) is 0 Å². The van der Waals surface area contributed by atoms with Crippen molar-refractivity contribution in [1.29, 1.82) is 0 Å². The number of aromatic nitrogens is 1. The first-order valence-corrected chi connectivity index (χ1v) is 14.0. The van der Waals surface area contributed by atoms with Gasteiger partial charge < -0.3 is 4.74 Å². The fourth-order valence-electron chi connectivity index (χ4n) is 3.45. The van der Waals surface area contributed by atoms with Gasteiger partial charge in [0.2, 0.25) is 10.0 Å². The molecule has 10 heteroatoms. The minimum Gasteiger partial charge on any atom is -0.467 e. The molecule has 1 aliphatic rings. The van der Waals surface area contributed by atoms with Crippen molar-refractivity contribution in [2.24, 2.45) is 0 Å². The van der Waals surface area contributed by atoms with Gasteiger partial charge in [0.15, 0.2) is 9.84 Å². The second-order valence-electron chi connectivity index (χ2n) is 7.44. The molecule has 0 unspecified atom stereocenters. The predicted molar refractivity (Wildman–Crippen MR) is 118 cm³/mol. The largest absolute Gasteiger partial charge is 0.467 e. The molecule has 0 radical (unpaired) electrons. The van der Waals surface area contributed by atoms with Crippen molar-refractivity contribution in [2.45, 2.75) is 23.8 Å². The van der Waals surface area contributed by atoms with Crippen molar-refractivity contribution >= 4 is 41.4 Å². The van der Waals surface area contributed by atoms with Crippen molar-refractivity contribution in [3.63, 3.8) is 0 Å². The number of rotatable bonds is 5. The summed E-state index contributed by atoms with van der Waals surface area (Å²) in [5.74, 6) is 0. The van der Waals surface area contributed by atoms with Crippen LogP contribution in [-0.2, 0) is 19.9 Å². The zero-order chi connectivity index (χ0) is 21.5. The van der Waals surface area contributed by atoms with Crippen LogP contribution in [0.2, 0.25) is 0 Å². The molecule has 1 aromatic heterocycles. The van der Waals surface area contributed by atoms with Crippen LogP contribution in [0.3, 0.4) is 0 Å². The molecule has 7 nitrogen and oxygen atoms in total. The number of benzene rings is 2. The number of sulfone groups is 1. The maximum Gasteiger partial charge on any atom is 0.274 e. The monoisotopic (exact) mass is 466 g/mol. The van der Waals surface area contributed by atoms with Crippen LogP contribution in [0.25, 0.3) is 21.3 Å². The maximum atomic E-state index is 11.6. The summed E-state index contributed by atoms with van der Waals surface area (Å²) in [6.07, 6.45) is 3.65. The zero-order valence-electron chi connectivity index (χ0n) is 16.6. The Labute approximate surface area is 180 Å². The fourth-order valence-corrected chi connectivity index (χ4v) is 5.88. The molecule has 1 aliphatic heterocycles. The van der Waals surface area contributed by atoms with Gasteiger partial charge >= 0.3 is 0 Å². The third-order valence-electron chi connectivity index (χ3n) is 5.12. The second-order valence-corrected chi connectivity index (χ2v) is 12.4. The van der Waals surface area contributed by atoms with Gasteiger partial charge in [0, 0.05) is 19.3 Å². The van der Waals surface area contributed by atoms with E-state index in [1.807, 2.05) is 18.2 Å². The van der Waals surface area contributed by atoms with Crippen LogP contribution < -0.4 is 4.74 Å². The van der Waals surface area contributed by atoms with Crippen molar-refractivity contribution in [3.8, 4) is 16.3 Å². The Kier molecular flexibility index (Phi) is 5.60. The molecule has 160 valence electrons. The normalized spacial score (nSPS) is 16.7. The Morgan fingerprint density at radius 3 is 2.20 bits per heavy atom. The Morgan fingerprint density at radius 1 is 0.967 bits per heavy atom. The highest BCUT2D eigenvalue weighted by Crippen LogP contribution is 2.33. The first kappa shape index (κ1) is 21.2. The minimum atomic E-state index is -3.22. The molecule has 0 aliphatic carbocycles. The smallest absolute Gasteiger partial charge is 0.274 e. The van der Waals surface area contributed by atoms with E-state index in [4.69, 9.17) is 4.74 Å². The summed E-state index contributed by atoms with van der Waals surface area (Å²) < 4.78 is 55.0. The predicted octanol–water partition coefficient (Wildman–Crippen LogP) is 3.17. The topological polar surface area (TPSA) is 93.6 Å².